The van der Waals surface area contributed by atoms with E-state index in [9.17, 15) is 4.79 Å². The van der Waals surface area contributed by atoms with E-state index in [-0.39, 0.29) is 11.7 Å². The van der Waals surface area contributed by atoms with Gasteiger partial charge in [0.15, 0.2) is 0 Å². The number of ketones is 1. The highest BCUT2D eigenvalue weighted by Gasteiger charge is 2.18. The fourth-order valence-corrected chi connectivity index (χ4v) is 1.82. The van der Waals surface area contributed by atoms with E-state index in [4.69, 9.17) is 5.84 Å². The van der Waals surface area contributed by atoms with Gasteiger partial charge < -0.3 is 0 Å². The second-order valence-corrected chi connectivity index (χ2v) is 4.15. The van der Waals surface area contributed by atoms with Crippen molar-refractivity contribution in [1.82, 2.24) is 5.01 Å². The zero-order chi connectivity index (χ0) is 12.0. The van der Waals surface area contributed by atoms with Gasteiger partial charge in [0, 0.05) is 25.9 Å². The molecule has 0 bridgehead atoms. The smallest absolute Gasteiger partial charge is 0.137 e. The largest absolute Gasteiger partial charge is 0.299 e. The van der Waals surface area contributed by atoms with Crippen LogP contribution < -0.4 is 5.84 Å². The van der Waals surface area contributed by atoms with Crippen LogP contribution in [0.5, 0.6) is 0 Å². The van der Waals surface area contributed by atoms with Crippen molar-refractivity contribution in [3.8, 4) is 0 Å². The predicted octanol–water partition coefficient (Wildman–Crippen LogP) is 1.63. The summed E-state index contributed by atoms with van der Waals surface area (Å²) in [4.78, 5) is 11.8. The van der Waals surface area contributed by atoms with Crippen molar-refractivity contribution in [3.05, 3.63) is 35.9 Å². The SMILES string of the molecule is CCC(=O)C(Cc1ccccc1)CN(C)N. The number of carbonyl (C=O) groups excluding carboxylic acids is 1. The summed E-state index contributed by atoms with van der Waals surface area (Å²) in [5.41, 5.74) is 1.19. The normalized spacial score (nSPS) is 12.8. The van der Waals surface area contributed by atoms with E-state index in [0.717, 1.165) is 6.42 Å². The Bertz CT molecular complexity index is 322. The maximum absolute atomic E-state index is 11.8. The third kappa shape index (κ3) is 4.13. The third-order valence-electron chi connectivity index (χ3n) is 2.64. The summed E-state index contributed by atoms with van der Waals surface area (Å²) >= 11 is 0. The average Bonchev–Trinajstić information content (AvgIpc) is 2.28. The number of nitrogens with zero attached hydrogens (tertiary/aromatic N) is 1. The van der Waals surface area contributed by atoms with Gasteiger partial charge in [-0.2, -0.15) is 0 Å². The number of benzene rings is 1. The van der Waals surface area contributed by atoms with Crippen molar-refractivity contribution < 1.29 is 4.79 Å². The lowest BCUT2D eigenvalue weighted by atomic mass is 9.94. The summed E-state index contributed by atoms with van der Waals surface area (Å²) in [6.45, 7) is 2.51. The Morgan fingerprint density at radius 2 is 2.00 bits per heavy atom. The van der Waals surface area contributed by atoms with Gasteiger partial charge in [-0.3, -0.25) is 10.6 Å². The van der Waals surface area contributed by atoms with E-state index < -0.39 is 0 Å². The summed E-state index contributed by atoms with van der Waals surface area (Å²) in [6, 6.07) is 10.1. The number of Topliss-reactive ketones (excluding diaryl/α,β-unsaturated/α-hetero) is 1. The first-order valence-corrected chi connectivity index (χ1v) is 5.66. The molecule has 3 heteroatoms. The van der Waals surface area contributed by atoms with Gasteiger partial charge in [-0.1, -0.05) is 37.3 Å². The molecule has 0 radical (unpaired) electrons. The standard InChI is InChI=1S/C13H20N2O/c1-3-13(16)12(10-15(2)14)9-11-7-5-4-6-8-11/h4-8,12H,3,9-10,14H2,1-2H3. The molecule has 1 unspecified atom stereocenters. The average molecular weight is 220 g/mol. The maximum Gasteiger partial charge on any atom is 0.137 e. The highest BCUT2D eigenvalue weighted by molar-refractivity contribution is 5.81. The summed E-state index contributed by atoms with van der Waals surface area (Å²) < 4.78 is 0. The number of hydrogen-bond acceptors (Lipinski definition) is 3. The van der Waals surface area contributed by atoms with Crippen molar-refractivity contribution in [2.45, 2.75) is 19.8 Å². The molecule has 0 fully saturated rings. The Kier molecular flexibility index (Phi) is 5.15. The van der Waals surface area contributed by atoms with E-state index in [1.807, 2.05) is 37.3 Å². The van der Waals surface area contributed by atoms with Gasteiger partial charge in [0.2, 0.25) is 0 Å². The van der Waals surface area contributed by atoms with Gasteiger partial charge in [0.05, 0.1) is 0 Å². The number of hydrogen-bond donors (Lipinski definition) is 1. The maximum atomic E-state index is 11.8. The van der Waals surface area contributed by atoms with Crippen LogP contribution in [0.15, 0.2) is 30.3 Å². The van der Waals surface area contributed by atoms with Crippen LogP contribution in [0.1, 0.15) is 18.9 Å². The molecule has 88 valence electrons. The monoisotopic (exact) mass is 220 g/mol. The molecule has 0 aliphatic carbocycles. The van der Waals surface area contributed by atoms with Gasteiger partial charge >= 0.3 is 0 Å². The van der Waals surface area contributed by atoms with E-state index in [1.54, 1.807) is 12.1 Å². The van der Waals surface area contributed by atoms with Crippen molar-refractivity contribution in [2.75, 3.05) is 13.6 Å². The number of nitrogens with two attached hydrogens (primary N) is 1. The van der Waals surface area contributed by atoms with Crippen LogP contribution in [0.25, 0.3) is 0 Å². The first-order valence-electron chi connectivity index (χ1n) is 5.66. The summed E-state index contributed by atoms with van der Waals surface area (Å²) in [5, 5.41) is 1.58. The van der Waals surface area contributed by atoms with Crippen LogP contribution in [-0.2, 0) is 11.2 Å². The van der Waals surface area contributed by atoms with Gasteiger partial charge in [0.25, 0.3) is 0 Å². The highest BCUT2D eigenvalue weighted by Crippen LogP contribution is 2.11. The molecule has 16 heavy (non-hydrogen) atoms. The zero-order valence-electron chi connectivity index (χ0n) is 10.0. The second-order valence-electron chi connectivity index (χ2n) is 4.15. The number of carbonyl (C=O) groups is 1. The zero-order valence-corrected chi connectivity index (χ0v) is 10.0. The third-order valence-corrected chi connectivity index (χ3v) is 2.64. The quantitative estimate of drug-likeness (QED) is 0.585. The lowest BCUT2D eigenvalue weighted by molar-refractivity contribution is -0.123. The minimum atomic E-state index is 0.00222. The minimum Gasteiger partial charge on any atom is -0.299 e. The van der Waals surface area contributed by atoms with Crippen LogP contribution in [0, 0.1) is 5.92 Å². The number of hydrazine groups is 1. The molecule has 3 nitrogen and oxygen atoms in total. The Hall–Kier alpha value is -1.19. The Balaban J connectivity index is 2.67. The molecule has 0 saturated heterocycles. The fraction of sp³-hybridized carbons (Fsp3) is 0.462. The van der Waals surface area contributed by atoms with E-state index in [1.165, 1.54) is 5.56 Å². The summed E-state index contributed by atoms with van der Waals surface area (Å²) in [6.07, 6.45) is 1.35. The summed E-state index contributed by atoms with van der Waals surface area (Å²) in [7, 11) is 1.79. The summed E-state index contributed by atoms with van der Waals surface area (Å²) in [5.74, 6) is 5.90. The van der Waals surface area contributed by atoms with Gasteiger partial charge in [-0.25, -0.2) is 5.01 Å². The van der Waals surface area contributed by atoms with Crippen molar-refractivity contribution in [2.24, 2.45) is 11.8 Å². The minimum absolute atomic E-state index is 0.00222. The van der Waals surface area contributed by atoms with Gasteiger partial charge in [-0.15, -0.1) is 0 Å². The molecule has 2 N–H and O–H groups in total. The topological polar surface area (TPSA) is 46.3 Å². The van der Waals surface area contributed by atoms with Crippen molar-refractivity contribution in [3.63, 3.8) is 0 Å². The van der Waals surface area contributed by atoms with E-state index >= 15 is 0 Å². The first-order chi connectivity index (χ1) is 7.63. The van der Waals surface area contributed by atoms with Crippen LogP contribution in [0.3, 0.4) is 0 Å². The van der Waals surface area contributed by atoms with Gasteiger partial charge in [-0.05, 0) is 12.0 Å². The molecule has 1 atom stereocenters. The van der Waals surface area contributed by atoms with Crippen molar-refractivity contribution in [1.29, 1.82) is 0 Å². The molecule has 0 aromatic heterocycles. The molecule has 0 aliphatic heterocycles. The lowest BCUT2D eigenvalue weighted by Crippen LogP contribution is -2.35. The molecule has 0 heterocycles. The number of rotatable bonds is 6. The van der Waals surface area contributed by atoms with E-state index in [0.29, 0.717) is 13.0 Å². The highest BCUT2D eigenvalue weighted by atomic mass is 16.1. The van der Waals surface area contributed by atoms with Crippen LogP contribution in [0.2, 0.25) is 0 Å². The molecule has 1 rings (SSSR count). The Morgan fingerprint density at radius 3 is 2.50 bits per heavy atom. The Morgan fingerprint density at radius 1 is 1.38 bits per heavy atom. The lowest BCUT2D eigenvalue weighted by Gasteiger charge is -2.19. The van der Waals surface area contributed by atoms with E-state index in [2.05, 4.69) is 0 Å². The predicted molar refractivity (Wildman–Crippen MR) is 65.8 cm³/mol. The molecule has 0 aliphatic rings. The fourth-order valence-electron chi connectivity index (χ4n) is 1.82. The molecule has 0 saturated carbocycles. The molecular weight excluding hydrogens is 200 g/mol. The molecular formula is C13H20N2O. The Labute approximate surface area is 97.2 Å². The van der Waals surface area contributed by atoms with Crippen LogP contribution in [0.4, 0.5) is 0 Å². The van der Waals surface area contributed by atoms with Gasteiger partial charge in [0.1, 0.15) is 5.78 Å². The molecule has 1 aromatic rings. The van der Waals surface area contributed by atoms with Crippen LogP contribution in [-0.4, -0.2) is 24.4 Å². The first kappa shape index (κ1) is 12.9. The molecule has 0 amide bonds. The molecule has 0 spiro atoms. The molecule has 1 aromatic carbocycles. The van der Waals surface area contributed by atoms with Crippen molar-refractivity contribution >= 4 is 5.78 Å². The second kappa shape index (κ2) is 6.40. The van der Waals surface area contributed by atoms with Crippen LogP contribution >= 0.6 is 0 Å².